The molecule has 16 nitrogen and oxygen atoms in total. The summed E-state index contributed by atoms with van der Waals surface area (Å²) in [6.45, 7) is 4.43. The summed E-state index contributed by atoms with van der Waals surface area (Å²) in [5.74, 6) is -4.70. The van der Waals surface area contributed by atoms with Crippen LogP contribution < -0.4 is 55.9 Å². The molecule has 0 radical (unpaired) electrons. The number of thioether (sulfide) groups is 1. The van der Waals surface area contributed by atoms with Crippen LogP contribution in [0.1, 0.15) is 32.4 Å². The van der Waals surface area contributed by atoms with E-state index in [9.17, 15) is 39.3 Å². The molecule has 6 N–H and O–H groups in total. The number of nitrogens with one attached hydrogen (secondary N) is 2. The van der Waals surface area contributed by atoms with Crippen molar-refractivity contribution in [1.82, 2.24) is 20.2 Å². The van der Waals surface area contributed by atoms with Crippen molar-refractivity contribution in [2.24, 2.45) is 5.73 Å². The van der Waals surface area contributed by atoms with Gasteiger partial charge in [-0.25, -0.2) is 9.78 Å². The summed E-state index contributed by atoms with van der Waals surface area (Å²) >= 11 is 1.12. The second-order valence-corrected chi connectivity index (χ2v) is 10.9. The SMILES string of the molecule is CC(=O)OCC1=C(C(=O)[O-])N2C(=O)C(NC(=O)C(c3ccc(O)cc3)N(C(N)=O)c3cnc(NC(C)C)nc3O)[C@@H]2SC1.[Na+]. The summed E-state index contributed by atoms with van der Waals surface area (Å²) in [7, 11) is 0. The number of hydrogen-bond acceptors (Lipinski definition) is 13. The van der Waals surface area contributed by atoms with Gasteiger partial charge in [0.05, 0.1) is 17.9 Å². The van der Waals surface area contributed by atoms with E-state index in [1.807, 2.05) is 13.8 Å². The Morgan fingerprint density at radius 1 is 1.23 bits per heavy atom. The number of urea groups is 1. The predicted molar refractivity (Wildman–Crippen MR) is 149 cm³/mol. The number of primary amides is 1. The first-order valence-corrected chi connectivity index (χ1v) is 13.9. The molecule has 0 saturated carbocycles. The first kappa shape index (κ1) is 34.4. The van der Waals surface area contributed by atoms with E-state index in [1.54, 1.807) is 0 Å². The molecule has 0 aliphatic carbocycles. The van der Waals surface area contributed by atoms with Gasteiger partial charge in [0, 0.05) is 24.3 Å². The molecule has 18 heteroatoms. The van der Waals surface area contributed by atoms with Crippen LogP contribution in [0.2, 0.25) is 0 Å². The van der Waals surface area contributed by atoms with Crippen LogP contribution in [0.4, 0.5) is 16.4 Å². The van der Waals surface area contributed by atoms with Crippen LogP contribution in [0.25, 0.3) is 0 Å². The topological polar surface area (TPSA) is 240 Å². The van der Waals surface area contributed by atoms with Gasteiger partial charge in [-0.05, 0) is 31.5 Å². The summed E-state index contributed by atoms with van der Waals surface area (Å²) in [5, 5.41) is 37.0. The average Bonchev–Trinajstić information content (AvgIpc) is 2.93. The number of fused-ring (bicyclic) bond motifs is 1. The third-order valence-electron chi connectivity index (χ3n) is 6.37. The summed E-state index contributed by atoms with van der Waals surface area (Å²) in [6, 6.07) is 1.11. The number of phenols is 1. The molecule has 2 aromatic rings. The van der Waals surface area contributed by atoms with E-state index in [-0.39, 0.29) is 76.5 Å². The molecule has 4 rings (SSSR count). The van der Waals surface area contributed by atoms with Crippen molar-refractivity contribution in [3.8, 4) is 11.6 Å². The predicted octanol–water partition coefficient (Wildman–Crippen LogP) is -3.69. The zero-order valence-electron chi connectivity index (χ0n) is 24.1. The number of carbonyl (C=O) groups excluding carboxylic acids is 5. The molecule has 2 aliphatic rings. The molecule has 2 aliphatic heterocycles. The smallest absolute Gasteiger partial charge is 0.543 e. The fourth-order valence-corrected chi connectivity index (χ4v) is 5.85. The van der Waals surface area contributed by atoms with Crippen molar-refractivity contribution in [3.05, 3.63) is 47.3 Å². The molecule has 4 amide bonds. The first-order chi connectivity index (χ1) is 20.3. The third-order valence-corrected chi connectivity index (χ3v) is 7.71. The molecule has 3 heterocycles. The second-order valence-electron chi connectivity index (χ2n) is 9.82. The molecule has 1 saturated heterocycles. The maximum Gasteiger partial charge on any atom is 1.00 e. The molecular formula is C26H28N7NaO9S. The Labute approximate surface area is 277 Å². The molecule has 0 bridgehead atoms. The quantitative estimate of drug-likeness (QED) is 0.0959. The van der Waals surface area contributed by atoms with E-state index in [4.69, 9.17) is 10.5 Å². The molecule has 0 spiro atoms. The van der Waals surface area contributed by atoms with Gasteiger partial charge in [0.2, 0.25) is 17.7 Å². The summed E-state index contributed by atoms with van der Waals surface area (Å²) < 4.78 is 4.90. The van der Waals surface area contributed by atoms with Crippen LogP contribution in [-0.4, -0.2) is 84.7 Å². The molecular weight excluding hydrogens is 609 g/mol. The fourth-order valence-electron chi connectivity index (χ4n) is 4.53. The number of β-lactam (4-membered cyclic amide) rings is 1. The van der Waals surface area contributed by atoms with Crippen LogP contribution in [0.15, 0.2) is 41.7 Å². The average molecular weight is 638 g/mol. The minimum atomic E-state index is -1.65. The number of ether oxygens (including phenoxy) is 1. The minimum Gasteiger partial charge on any atom is -0.543 e. The van der Waals surface area contributed by atoms with E-state index in [0.29, 0.717) is 0 Å². The number of amides is 4. The van der Waals surface area contributed by atoms with Gasteiger partial charge in [-0.3, -0.25) is 24.2 Å². The van der Waals surface area contributed by atoms with E-state index < -0.39 is 58.8 Å². The Bertz CT molecular complexity index is 1510. The number of aromatic hydroxyl groups is 2. The number of nitrogens with two attached hydrogens (primary N) is 1. The van der Waals surface area contributed by atoms with Gasteiger partial charge in [0.25, 0.3) is 5.91 Å². The Morgan fingerprint density at radius 3 is 2.43 bits per heavy atom. The molecule has 1 aromatic heterocycles. The molecule has 2 unspecified atom stereocenters. The summed E-state index contributed by atoms with van der Waals surface area (Å²) in [4.78, 5) is 72.5. The normalized spacial score (nSPS) is 17.9. The molecule has 44 heavy (non-hydrogen) atoms. The van der Waals surface area contributed by atoms with E-state index in [2.05, 4.69) is 20.6 Å². The van der Waals surface area contributed by atoms with Crippen molar-refractivity contribution in [1.29, 1.82) is 0 Å². The standard InChI is InChI=1S/C26H29N7O9S.Na/c1-11(2)29-26-28-8-16(20(36)31-26)32(25(27)41)18(13-4-6-15(35)7-5-13)21(37)30-17-22(38)33-19(24(39)40)14(9-42-12(3)34)10-43-23(17)33;/h4-8,11,17-18,23,35H,9-10H2,1-3H3,(H2,27,41)(H,30,37)(H,39,40)(H2,28,29,31,36);/q;+1/p-1/t17?,18?,23-;/m0./s1. The number of esters is 1. The number of rotatable bonds is 10. The number of aliphatic carboxylic acids is 1. The number of hydrogen-bond donors (Lipinski definition) is 5. The molecule has 228 valence electrons. The van der Waals surface area contributed by atoms with Gasteiger partial charge < -0.3 is 41.2 Å². The van der Waals surface area contributed by atoms with Gasteiger partial charge in [-0.1, -0.05) is 12.1 Å². The summed E-state index contributed by atoms with van der Waals surface area (Å²) in [6.07, 6.45) is 1.09. The Hall–Kier alpha value is -4.06. The van der Waals surface area contributed by atoms with Crippen molar-refractivity contribution in [2.75, 3.05) is 22.6 Å². The van der Waals surface area contributed by atoms with E-state index in [1.165, 1.54) is 24.3 Å². The number of phenolic OH excluding ortho intramolecular Hbond substituents is 1. The summed E-state index contributed by atoms with van der Waals surface area (Å²) in [5.41, 5.74) is 5.19. The van der Waals surface area contributed by atoms with Gasteiger partial charge in [-0.2, -0.15) is 4.98 Å². The largest absolute Gasteiger partial charge is 1.00 e. The van der Waals surface area contributed by atoms with Crippen LogP contribution in [0.5, 0.6) is 11.6 Å². The van der Waals surface area contributed by atoms with Gasteiger partial charge in [-0.15, -0.1) is 11.8 Å². The molecule has 1 aromatic carbocycles. The third kappa shape index (κ3) is 7.18. The maximum absolute atomic E-state index is 13.8. The monoisotopic (exact) mass is 637 g/mol. The fraction of sp³-hybridized carbons (Fsp3) is 0.346. The Balaban J connectivity index is 0.00000529. The van der Waals surface area contributed by atoms with E-state index in [0.717, 1.165) is 34.7 Å². The number of carboxylic acid groups (broad SMARTS) is 1. The van der Waals surface area contributed by atoms with Crippen LogP contribution >= 0.6 is 11.8 Å². The van der Waals surface area contributed by atoms with Crippen molar-refractivity contribution < 1.29 is 73.6 Å². The second kappa shape index (κ2) is 14.1. The van der Waals surface area contributed by atoms with Crippen LogP contribution in [0.3, 0.4) is 0 Å². The van der Waals surface area contributed by atoms with Gasteiger partial charge >= 0.3 is 41.6 Å². The minimum absolute atomic E-state index is 0. The Morgan fingerprint density at radius 2 is 1.89 bits per heavy atom. The van der Waals surface area contributed by atoms with Gasteiger partial charge in [0.15, 0.2) is 0 Å². The van der Waals surface area contributed by atoms with Crippen molar-refractivity contribution in [2.45, 2.75) is 44.3 Å². The first-order valence-electron chi connectivity index (χ1n) is 12.8. The number of anilines is 2. The van der Waals surface area contributed by atoms with E-state index >= 15 is 0 Å². The van der Waals surface area contributed by atoms with Crippen molar-refractivity contribution >= 4 is 53.2 Å². The van der Waals surface area contributed by atoms with Crippen molar-refractivity contribution in [3.63, 3.8) is 0 Å². The van der Waals surface area contributed by atoms with Crippen LogP contribution in [0, 0.1) is 0 Å². The maximum atomic E-state index is 13.8. The number of carbonyl (C=O) groups is 5. The molecule has 1 fully saturated rings. The van der Waals surface area contributed by atoms with Crippen LogP contribution in [-0.2, 0) is 23.9 Å². The number of carboxylic acids is 1. The Kier molecular flexibility index (Phi) is 11.1. The number of aromatic nitrogens is 2. The zero-order valence-corrected chi connectivity index (χ0v) is 27.0. The van der Waals surface area contributed by atoms with Gasteiger partial charge in [0.1, 0.15) is 35.5 Å². The number of benzene rings is 1. The number of nitrogens with zero attached hydrogens (tertiary/aromatic N) is 4. The molecule has 3 atom stereocenters. The zero-order chi connectivity index (χ0) is 31.6.